The molecule has 2 bridgehead atoms. The lowest BCUT2D eigenvalue weighted by molar-refractivity contribution is -0.249. The second kappa shape index (κ2) is 12.0. The number of hydrogen-bond donors (Lipinski definition) is 5. The number of nitrogens with two attached hydrogens (primary N) is 1. The van der Waals surface area contributed by atoms with E-state index in [0.717, 1.165) is 44.4 Å². The Hall–Kier alpha value is -4.51. The third kappa shape index (κ3) is 4.39. The fourth-order valence-corrected chi connectivity index (χ4v) is 13.4. The lowest BCUT2D eigenvalue weighted by Crippen LogP contribution is -2.75. The number of rotatable bonds is 3. The van der Waals surface area contributed by atoms with Crippen LogP contribution in [-0.4, -0.2) is 94.1 Å². The Morgan fingerprint density at radius 2 is 1.91 bits per heavy atom. The summed E-state index contributed by atoms with van der Waals surface area (Å²) in [6.07, 6.45) is 0.281. The Morgan fingerprint density at radius 3 is 2.68 bits per heavy atom. The highest BCUT2D eigenvalue weighted by molar-refractivity contribution is 7.99. The third-order valence-electron chi connectivity index (χ3n) is 13.9. The molecule has 3 saturated heterocycles. The van der Waals surface area contributed by atoms with E-state index in [1.807, 2.05) is 32.0 Å². The third-order valence-corrected chi connectivity index (χ3v) is 15.4. The number of H-pyrrole nitrogens is 1. The van der Waals surface area contributed by atoms with Crippen LogP contribution in [0.4, 0.5) is 0 Å². The van der Waals surface area contributed by atoms with E-state index in [0.29, 0.717) is 53.5 Å². The predicted molar refractivity (Wildman–Crippen MR) is 209 cm³/mol. The van der Waals surface area contributed by atoms with Gasteiger partial charge in [0.2, 0.25) is 6.79 Å². The first-order valence-electron chi connectivity index (χ1n) is 19.6. The number of para-hydroxylation sites is 1. The van der Waals surface area contributed by atoms with Gasteiger partial charge < -0.3 is 44.6 Å². The topological polar surface area (TPSA) is 181 Å². The highest BCUT2D eigenvalue weighted by Crippen LogP contribution is 2.70. The Kier molecular flexibility index (Phi) is 7.52. The van der Waals surface area contributed by atoms with Crippen molar-refractivity contribution in [1.29, 1.82) is 0 Å². The number of carbonyl (C=O) groups is 2. The van der Waals surface area contributed by atoms with E-state index in [2.05, 4.69) is 39.2 Å². The standard InChI is InChI=1S/C42H45N5O9S/c1-17-10-23-27(32(49)33(17)52-5)30-31-37-29-28(36-35(54-16-55-36)18(2)34(29)56-19(3)48)26(46(31)39(50)25-12-41(23,4)47(25)30)14-53-40(51)42(15-57-37)38-22(11-20(13-43)45-42)21-8-6-7-9-24(21)44-38/h6-10,20,25-26,30-31,37,39,44-45,49-50H,11-16,43H2,1-5H3/t20-,25-,26-,30+,31+,37+,39-,41+,42+/m0/s1. The summed E-state index contributed by atoms with van der Waals surface area (Å²) in [7, 11) is 1.56. The normalized spacial score (nSPS) is 33.2. The maximum Gasteiger partial charge on any atom is 0.333 e. The maximum absolute atomic E-state index is 15.0. The van der Waals surface area contributed by atoms with Gasteiger partial charge in [-0.25, -0.2) is 4.79 Å². The number of aromatic amines is 1. The largest absolute Gasteiger partial charge is 0.504 e. The molecule has 0 radical (unpaired) electrons. The number of thioether (sulfide) groups is 1. The number of aromatic hydroxyl groups is 1. The quantitative estimate of drug-likeness (QED) is 0.149. The molecule has 6 N–H and O–H groups in total. The van der Waals surface area contributed by atoms with Crippen LogP contribution in [0.15, 0.2) is 30.3 Å². The van der Waals surface area contributed by atoms with E-state index in [-0.39, 0.29) is 37.0 Å². The zero-order chi connectivity index (χ0) is 39.4. The van der Waals surface area contributed by atoms with Crippen LogP contribution in [0.3, 0.4) is 0 Å². The molecule has 0 saturated carbocycles. The van der Waals surface area contributed by atoms with Crippen LogP contribution >= 0.6 is 11.8 Å². The van der Waals surface area contributed by atoms with Crippen LogP contribution in [0.2, 0.25) is 0 Å². The Labute approximate surface area is 332 Å². The average molecular weight is 796 g/mol. The molecule has 8 aliphatic heterocycles. The average Bonchev–Trinajstić information content (AvgIpc) is 3.88. The fourth-order valence-electron chi connectivity index (χ4n) is 11.7. The van der Waals surface area contributed by atoms with Gasteiger partial charge in [0.15, 0.2) is 28.5 Å². The summed E-state index contributed by atoms with van der Waals surface area (Å²) in [6.45, 7) is 7.44. The molecule has 3 aromatic carbocycles. The first-order chi connectivity index (χ1) is 27.4. The van der Waals surface area contributed by atoms with Crippen molar-refractivity contribution in [2.75, 3.05) is 32.8 Å². The number of aryl methyl sites for hydroxylation is 1. The highest BCUT2D eigenvalue weighted by Gasteiger charge is 2.71. The van der Waals surface area contributed by atoms with Crippen molar-refractivity contribution in [1.82, 2.24) is 20.1 Å². The van der Waals surface area contributed by atoms with Gasteiger partial charge in [0.25, 0.3) is 0 Å². The molecule has 8 aliphatic rings. The van der Waals surface area contributed by atoms with Crippen molar-refractivity contribution in [3.05, 3.63) is 75.0 Å². The molecule has 14 nitrogen and oxygen atoms in total. The van der Waals surface area contributed by atoms with Crippen LogP contribution in [-0.2, 0) is 31.8 Å². The van der Waals surface area contributed by atoms with E-state index < -0.39 is 52.6 Å². The Balaban J connectivity index is 1.18. The number of aromatic nitrogens is 1. The molecular weight excluding hydrogens is 751 g/mol. The minimum absolute atomic E-state index is 0.0448. The summed E-state index contributed by atoms with van der Waals surface area (Å²) in [6, 6.07) is 7.90. The first-order valence-corrected chi connectivity index (χ1v) is 20.6. The molecule has 3 fully saturated rings. The summed E-state index contributed by atoms with van der Waals surface area (Å²) in [5, 5.41) is 29.0. The summed E-state index contributed by atoms with van der Waals surface area (Å²) in [4.78, 5) is 36.1. The minimum Gasteiger partial charge on any atom is -0.504 e. The monoisotopic (exact) mass is 795 g/mol. The molecule has 9 atom stereocenters. The first kappa shape index (κ1) is 35.6. The number of phenolic OH excluding ortho intramolecular Hbond substituents is 1. The molecule has 1 aromatic heterocycles. The SMILES string of the molecule is COc1c(C)cc2c(c1O)[C@@H]1[C@@H]3[C@@H]4SC[C@]5(N[C@H](CN)Cc6c5[nH]c5ccccc65)C(=O)OC[C@@H](c5c6c(c(C)c(OC(C)=O)c54)OCO6)N3[C@@H](O)[C@@H]3C[C@@]2(C)N13. The lowest BCUT2D eigenvalue weighted by atomic mass is 9.72. The van der Waals surface area contributed by atoms with Crippen molar-refractivity contribution in [2.24, 2.45) is 5.73 Å². The van der Waals surface area contributed by atoms with Crippen LogP contribution in [0.5, 0.6) is 28.7 Å². The van der Waals surface area contributed by atoms with Gasteiger partial charge in [-0.3, -0.25) is 19.9 Å². The zero-order valence-electron chi connectivity index (χ0n) is 32.3. The lowest BCUT2D eigenvalue weighted by Gasteiger charge is -2.67. The molecule has 0 amide bonds. The Bertz CT molecular complexity index is 2460. The van der Waals surface area contributed by atoms with E-state index in [9.17, 15) is 15.0 Å². The zero-order valence-corrected chi connectivity index (χ0v) is 33.1. The number of nitrogens with zero attached hydrogens (tertiary/aromatic N) is 2. The number of aliphatic hydroxyl groups excluding tert-OH is 1. The smallest absolute Gasteiger partial charge is 0.333 e. The number of carbonyl (C=O) groups excluding carboxylic acids is 2. The summed E-state index contributed by atoms with van der Waals surface area (Å²) < 4.78 is 30.9. The molecule has 57 heavy (non-hydrogen) atoms. The summed E-state index contributed by atoms with van der Waals surface area (Å²) in [5.74, 6) is 1.01. The number of phenols is 1. The molecule has 1 spiro atoms. The van der Waals surface area contributed by atoms with Crippen molar-refractivity contribution < 1.29 is 43.5 Å². The maximum atomic E-state index is 15.0. The van der Waals surface area contributed by atoms with Crippen LogP contribution in [0.1, 0.15) is 82.2 Å². The number of fused-ring (bicyclic) bond motifs is 10. The number of nitrogens with one attached hydrogen (secondary N) is 2. The number of aliphatic hydroxyl groups is 1. The number of esters is 2. The summed E-state index contributed by atoms with van der Waals surface area (Å²) in [5.41, 5.74) is 11.8. The van der Waals surface area contributed by atoms with Gasteiger partial charge in [-0.15, -0.1) is 11.8 Å². The van der Waals surface area contributed by atoms with Gasteiger partial charge in [-0.1, -0.05) is 18.2 Å². The van der Waals surface area contributed by atoms with Crippen LogP contribution < -0.4 is 30.0 Å². The number of benzene rings is 3. The fraction of sp³-hybridized carbons (Fsp3) is 0.476. The second-order valence-electron chi connectivity index (χ2n) is 16.8. The summed E-state index contributed by atoms with van der Waals surface area (Å²) >= 11 is 1.53. The second-order valence-corrected chi connectivity index (χ2v) is 17.9. The van der Waals surface area contributed by atoms with Crippen molar-refractivity contribution >= 4 is 34.6 Å². The van der Waals surface area contributed by atoms with Gasteiger partial charge in [0.05, 0.1) is 36.2 Å². The van der Waals surface area contributed by atoms with Crippen LogP contribution in [0.25, 0.3) is 10.9 Å². The molecule has 298 valence electrons. The molecule has 4 aromatic rings. The number of ether oxygens (including phenoxy) is 5. The van der Waals surface area contributed by atoms with E-state index in [1.165, 1.54) is 18.7 Å². The van der Waals surface area contributed by atoms with E-state index in [1.54, 1.807) is 7.11 Å². The molecule has 12 rings (SSSR count). The van der Waals surface area contributed by atoms with Crippen molar-refractivity contribution in [3.8, 4) is 28.7 Å². The van der Waals surface area contributed by atoms with E-state index >= 15 is 4.79 Å². The van der Waals surface area contributed by atoms with Gasteiger partial charge >= 0.3 is 11.9 Å². The van der Waals surface area contributed by atoms with Gasteiger partial charge in [-0.2, -0.15) is 0 Å². The molecule has 15 heteroatoms. The number of piperazine rings is 1. The molecular formula is C42H45N5O9S. The Morgan fingerprint density at radius 1 is 1.12 bits per heavy atom. The van der Waals surface area contributed by atoms with Crippen molar-refractivity contribution in [3.63, 3.8) is 0 Å². The van der Waals surface area contributed by atoms with E-state index in [4.69, 9.17) is 29.4 Å². The van der Waals surface area contributed by atoms with Crippen molar-refractivity contribution in [2.45, 2.75) is 93.3 Å². The van der Waals surface area contributed by atoms with Gasteiger partial charge in [0.1, 0.15) is 18.6 Å². The molecule has 0 unspecified atom stereocenters. The molecule has 0 aliphatic carbocycles. The molecule has 9 heterocycles. The minimum atomic E-state index is -1.34. The predicted octanol–water partition coefficient (Wildman–Crippen LogP) is 3.95. The van der Waals surface area contributed by atoms with Gasteiger partial charge in [-0.05, 0) is 62.4 Å². The van der Waals surface area contributed by atoms with Gasteiger partial charge in [0, 0.05) is 70.0 Å². The highest BCUT2D eigenvalue weighted by atomic mass is 32.2. The van der Waals surface area contributed by atoms with Crippen LogP contribution in [0, 0.1) is 13.8 Å². The number of hydrogen-bond acceptors (Lipinski definition) is 14. The number of methoxy groups -OCH3 is 1.